The highest BCUT2D eigenvalue weighted by atomic mass is 15.2. The Morgan fingerprint density at radius 2 is 0.629 bits per heavy atom. The molecule has 5 nitrogen and oxygen atoms in total. The molecule has 0 N–H and O–H groups in total. The number of para-hydroxylation sites is 2. The van der Waals surface area contributed by atoms with Crippen molar-refractivity contribution in [3.63, 3.8) is 0 Å². The van der Waals surface area contributed by atoms with Gasteiger partial charge in [-0.1, -0.05) is 170 Å². The Morgan fingerprint density at radius 1 is 0.242 bits per heavy atom. The van der Waals surface area contributed by atoms with Gasteiger partial charge in [0.1, 0.15) is 0 Å². The Kier molecular flexibility index (Phi) is 8.42. The fourth-order valence-electron chi connectivity index (χ4n) is 9.03. The van der Waals surface area contributed by atoms with Crippen LogP contribution in [0.2, 0.25) is 0 Å². The zero-order chi connectivity index (χ0) is 41.0. The van der Waals surface area contributed by atoms with Crippen LogP contribution in [0.3, 0.4) is 0 Å². The molecule has 3 heterocycles. The van der Waals surface area contributed by atoms with E-state index in [0.717, 1.165) is 55.3 Å². The molecule has 0 spiro atoms. The van der Waals surface area contributed by atoms with Crippen molar-refractivity contribution < 1.29 is 0 Å². The summed E-state index contributed by atoms with van der Waals surface area (Å²) in [6.45, 7) is 0. The Hall–Kier alpha value is -8.41. The lowest BCUT2D eigenvalue weighted by atomic mass is 9.98. The average Bonchev–Trinajstić information content (AvgIpc) is 3.87. The minimum atomic E-state index is 0.581. The second kappa shape index (κ2) is 14.7. The van der Waals surface area contributed by atoms with Crippen molar-refractivity contribution in [3.05, 3.63) is 224 Å². The van der Waals surface area contributed by atoms with Gasteiger partial charge in [0, 0.05) is 38.4 Å². The number of hydrogen-bond donors (Lipinski definition) is 0. The summed E-state index contributed by atoms with van der Waals surface area (Å²) in [6, 6.07) is 79.5. The number of nitrogens with zero attached hydrogens (tertiary/aromatic N) is 5. The van der Waals surface area contributed by atoms with Crippen LogP contribution in [0.4, 0.5) is 0 Å². The normalized spacial score (nSPS) is 11.5. The molecule has 0 amide bonds. The summed E-state index contributed by atoms with van der Waals surface area (Å²) in [6.07, 6.45) is 0. The van der Waals surface area contributed by atoms with Gasteiger partial charge in [0.25, 0.3) is 0 Å². The van der Waals surface area contributed by atoms with E-state index in [1.807, 2.05) is 60.7 Å². The van der Waals surface area contributed by atoms with E-state index < -0.39 is 0 Å². The highest BCUT2D eigenvalue weighted by Gasteiger charge is 2.20. The van der Waals surface area contributed by atoms with E-state index in [2.05, 4.69) is 173 Å². The monoisotopic (exact) mass is 791 g/mol. The molecule has 0 saturated heterocycles. The van der Waals surface area contributed by atoms with Gasteiger partial charge in [-0.25, -0.2) is 4.98 Å². The zero-order valence-electron chi connectivity index (χ0n) is 33.6. The number of fused-ring (bicyclic) bond motifs is 6. The first-order valence-corrected chi connectivity index (χ1v) is 20.9. The summed E-state index contributed by atoms with van der Waals surface area (Å²) in [4.78, 5) is 15.2. The van der Waals surface area contributed by atoms with Crippen molar-refractivity contribution in [3.8, 4) is 67.8 Å². The molecule has 12 aromatic rings. The summed E-state index contributed by atoms with van der Waals surface area (Å²) in [5.74, 6) is 1.85. The maximum absolute atomic E-state index is 5.13. The minimum absolute atomic E-state index is 0.581. The first-order chi connectivity index (χ1) is 30.7. The minimum Gasteiger partial charge on any atom is -0.309 e. The van der Waals surface area contributed by atoms with E-state index in [4.69, 9.17) is 15.0 Å². The van der Waals surface area contributed by atoms with Gasteiger partial charge < -0.3 is 4.57 Å². The Bertz CT molecular complexity index is 3250. The molecule has 9 aromatic carbocycles. The molecule has 5 heteroatoms. The van der Waals surface area contributed by atoms with Gasteiger partial charge in [-0.2, -0.15) is 9.97 Å². The highest BCUT2D eigenvalue weighted by molar-refractivity contribution is 6.12. The standard InChI is InChI=1S/C57H37N5/c1-5-17-38(18-6-1)44-33-45(39-19-7-2-8-20-39)35-46(34-44)61-51-27-15-13-25-47(51)49-36-42(29-31-53(49)61)43-30-32-54-50(37-43)48-26-14-16-28-52(48)62(54)57-59-55(40-21-9-3-10-22-40)58-56(60-57)41-23-11-4-12-24-41/h1-37H. The lowest BCUT2D eigenvalue weighted by Crippen LogP contribution is -2.06. The highest BCUT2D eigenvalue weighted by Crippen LogP contribution is 2.40. The number of benzene rings is 9. The van der Waals surface area contributed by atoms with Crippen molar-refractivity contribution >= 4 is 43.6 Å². The van der Waals surface area contributed by atoms with Crippen molar-refractivity contribution in [1.29, 1.82) is 0 Å². The molecule has 0 aliphatic heterocycles. The average molecular weight is 792 g/mol. The molecule has 290 valence electrons. The molecule has 0 unspecified atom stereocenters. The van der Waals surface area contributed by atoms with Crippen LogP contribution in [0.25, 0.3) is 111 Å². The first-order valence-electron chi connectivity index (χ1n) is 20.9. The van der Waals surface area contributed by atoms with Crippen molar-refractivity contribution in [2.45, 2.75) is 0 Å². The molecular formula is C57H37N5. The van der Waals surface area contributed by atoms with Gasteiger partial charge in [-0.3, -0.25) is 4.57 Å². The van der Waals surface area contributed by atoms with Crippen LogP contribution in [0.1, 0.15) is 0 Å². The Morgan fingerprint density at radius 3 is 1.11 bits per heavy atom. The summed E-state index contributed by atoms with van der Waals surface area (Å²) in [5, 5.41) is 4.69. The second-order valence-corrected chi connectivity index (χ2v) is 15.7. The molecule has 0 radical (unpaired) electrons. The van der Waals surface area contributed by atoms with Gasteiger partial charge >= 0.3 is 0 Å². The van der Waals surface area contributed by atoms with Gasteiger partial charge in [0.2, 0.25) is 5.95 Å². The largest absolute Gasteiger partial charge is 0.309 e. The number of hydrogen-bond acceptors (Lipinski definition) is 3. The van der Waals surface area contributed by atoms with Gasteiger partial charge in [0.05, 0.1) is 22.1 Å². The maximum atomic E-state index is 5.13. The summed E-state index contributed by atoms with van der Waals surface area (Å²) in [5.41, 5.74) is 14.4. The van der Waals surface area contributed by atoms with Gasteiger partial charge in [-0.15, -0.1) is 0 Å². The van der Waals surface area contributed by atoms with Crippen LogP contribution in [0.15, 0.2) is 224 Å². The predicted molar refractivity (Wildman–Crippen MR) is 256 cm³/mol. The molecule has 3 aromatic heterocycles. The molecule has 62 heavy (non-hydrogen) atoms. The maximum Gasteiger partial charge on any atom is 0.238 e. The third-order valence-electron chi connectivity index (χ3n) is 12.0. The van der Waals surface area contributed by atoms with E-state index in [1.165, 1.54) is 38.5 Å². The fourth-order valence-corrected chi connectivity index (χ4v) is 9.03. The van der Waals surface area contributed by atoms with E-state index in [1.54, 1.807) is 0 Å². The third kappa shape index (κ3) is 6.06. The van der Waals surface area contributed by atoms with Gasteiger partial charge in [0.15, 0.2) is 11.6 Å². The summed E-state index contributed by atoms with van der Waals surface area (Å²) in [7, 11) is 0. The molecule has 0 bridgehead atoms. The lowest BCUT2D eigenvalue weighted by molar-refractivity contribution is 0.953. The Balaban J connectivity index is 1.02. The summed E-state index contributed by atoms with van der Waals surface area (Å²) >= 11 is 0. The lowest BCUT2D eigenvalue weighted by Gasteiger charge is -2.14. The van der Waals surface area contributed by atoms with E-state index in [9.17, 15) is 0 Å². The molecule has 0 aliphatic rings. The van der Waals surface area contributed by atoms with Crippen LogP contribution in [-0.2, 0) is 0 Å². The van der Waals surface area contributed by atoms with Crippen LogP contribution in [0.5, 0.6) is 0 Å². The second-order valence-electron chi connectivity index (χ2n) is 15.7. The zero-order valence-corrected chi connectivity index (χ0v) is 33.6. The molecule has 0 saturated carbocycles. The molecule has 12 rings (SSSR count). The van der Waals surface area contributed by atoms with Crippen LogP contribution >= 0.6 is 0 Å². The number of rotatable bonds is 7. The van der Waals surface area contributed by atoms with Crippen LogP contribution in [0, 0.1) is 0 Å². The smallest absolute Gasteiger partial charge is 0.238 e. The van der Waals surface area contributed by atoms with E-state index in [0.29, 0.717) is 17.6 Å². The molecule has 0 atom stereocenters. The molecule has 0 fully saturated rings. The third-order valence-corrected chi connectivity index (χ3v) is 12.0. The fraction of sp³-hybridized carbons (Fsp3) is 0. The quantitative estimate of drug-likeness (QED) is 0.162. The molecule has 0 aliphatic carbocycles. The van der Waals surface area contributed by atoms with Gasteiger partial charge in [-0.05, 0) is 88.0 Å². The van der Waals surface area contributed by atoms with Crippen molar-refractivity contribution in [2.24, 2.45) is 0 Å². The first kappa shape index (κ1) is 35.5. The Labute approximate surface area is 358 Å². The predicted octanol–water partition coefficient (Wildman–Crippen LogP) is 14.4. The van der Waals surface area contributed by atoms with Crippen molar-refractivity contribution in [1.82, 2.24) is 24.1 Å². The molecular weight excluding hydrogens is 755 g/mol. The van der Waals surface area contributed by atoms with Crippen LogP contribution < -0.4 is 0 Å². The number of aromatic nitrogens is 5. The SMILES string of the molecule is c1ccc(-c2cc(-c3ccccc3)cc(-n3c4ccccc4c4cc(-c5ccc6c(c5)c5ccccc5n6-c5nc(-c6ccccc6)nc(-c6ccccc6)n5)ccc43)c2)cc1. The van der Waals surface area contributed by atoms with E-state index >= 15 is 0 Å². The van der Waals surface area contributed by atoms with E-state index in [-0.39, 0.29) is 0 Å². The van der Waals surface area contributed by atoms with Crippen molar-refractivity contribution in [2.75, 3.05) is 0 Å². The summed E-state index contributed by atoms with van der Waals surface area (Å²) < 4.78 is 4.60. The van der Waals surface area contributed by atoms with Crippen LogP contribution in [-0.4, -0.2) is 24.1 Å². The topological polar surface area (TPSA) is 48.5 Å².